The van der Waals surface area contributed by atoms with E-state index in [1.165, 1.54) is 0 Å². The molecule has 49 heavy (non-hydrogen) atoms. The number of aliphatic hydroxyl groups excluding tert-OH is 1. The molecule has 0 aliphatic carbocycles. The number of hydrogen-bond acceptors (Lipinski definition) is 9. The quantitative estimate of drug-likeness (QED) is 0.0730. The molecular weight excluding hydrogens is 618 g/mol. The average Bonchev–Trinajstić information content (AvgIpc) is 3.92. The minimum Gasteiger partial charge on any atom is -0.392 e. The first-order valence-corrected chi connectivity index (χ1v) is 16.0. The zero-order valence-electron chi connectivity index (χ0n) is 26.8. The number of aliphatic hydroxyl groups is 1. The predicted molar refractivity (Wildman–Crippen MR) is 184 cm³/mol. The van der Waals surface area contributed by atoms with Crippen LogP contribution in [0.2, 0.25) is 0 Å². The van der Waals surface area contributed by atoms with E-state index in [1.807, 2.05) is 36.4 Å². The van der Waals surface area contributed by atoms with Crippen LogP contribution in [0.4, 0.5) is 0 Å². The summed E-state index contributed by atoms with van der Waals surface area (Å²) in [5, 5.41) is 34.3. The van der Waals surface area contributed by atoms with Gasteiger partial charge in [-0.1, -0.05) is 95.1 Å². The minimum atomic E-state index is -0.248. The molecule has 10 N–H and O–H groups in total. The van der Waals surface area contributed by atoms with Crippen molar-refractivity contribution in [2.24, 2.45) is 42.6 Å². The zero-order valence-corrected chi connectivity index (χ0v) is 26.8. The Morgan fingerprint density at radius 1 is 0.694 bits per heavy atom. The van der Waals surface area contributed by atoms with Crippen LogP contribution in [0.3, 0.4) is 0 Å². The number of hydrogen-bond donors (Lipinski definition) is 6. The predicted octanol–water partition coefficient (Wildman–Crippen LogP) is 0.454. The third kappa shape index (κ3) is 6.96. The van der Waals surface area contributed by atoms with Gasteiger partial charge in [-0.15, -0.1) is 10.9 Å². The summed E-state index contributed by atoms with van der Waals surface area (Å²) in [6.45, 7) is 1.77. The second-order valence-electron chi connectivity index (χ2n) is 11.8. The van der Waals surface area contributed by atoms with Gasteiger partial charge >= 0.3 is 5.96 Å². The Morgan fingerprint density at radius 3 is 1.67 bits per heavy atom. The van der Waals surface area contributed by atoms with Crippen LogP contribution in [0.1, 0.15) is 28.7 Å². The number of guanidine groups is 1. The summed E-state index contributed by atoms with van der Waals surface area (Å²) in [7, 11) is 0. The van der Waals surface area contributed by atoms with Crippen molar-refractivity contribution in [3.05, 3.63) is 131 Å². The molecule has 3 aliphatic heterocycles. The lowest BCUT2D eigenvalue weighted by Crippen LogP contribution is -2.80. The lowest BCUT2D eigenvalue weighted by molar-refractivity contribution is -0.547. The van der Waals surface area contributed by atoms with Crippen LogP contribution < -0.4 is 27.3 Å². The topological polar surface area (TPSA) is 200 Å². The fourth-order valence-electron chi connectivity index (χ4n) is 6.34. The summed E-state index contributed by atoms with van der Waals surface area (Å²) in [4.78, 5) is 7.48. The molecule has 3 aliphatic rings. The van der Waals surface area contributed by atoms with Gasteiger partial charge in [0.25, 0.3) is 11.7 Å². The molecule has 0 fully saturated rings. The number of rotatable bonds is 12. The number of nitrogens with two attached hydrogens (primary N) is 4. The van der Waals surface area contributed by atoms with Gasteiger partial charge < -0.3 is 14.9 Å². The maximum Gasteiger partial charge on any atom is 0.338 e. The molecule has 3 heterocycles. The Balaban J connectivity index is 1.09. The number of amidine groups is 2. The maximum atomic E-state index is 10.7. The Labute approximate surface area is 282 Å². The van der Waals surface area contributed by atoms with Crippen molar-refractivity contribution in [1.29, 1.82) is 0 Å². The molecule has 7 rings (SSSR count). The van der Waals surface area contributed by atoms with Crippen molar-refractivity contribution in [3.63, 3.8) is 0 Å². The molecule has 14 nitrogen and oxygen atoms in total. The molecule has 0 aromatic heterocycles. The van der Waals surface area contributed by atoms with Gasteiger partial charge in [-0.05, 0) is 45.5 Å². The maximum absolute atomic E-state index is 10.7. The van der Waals surface area contributed by atoms with Crippen LogP contribution in [0.5, 0.6) is 0 Å². The van der Waals surface area contributed by atoms with Crippen molar-refractivity contribution in [2.45, 2.75) is 25.7 Å². The summed E-state index contributed by atoms with van der Waals surface area (Å²) in [6, 6.07) is 33.2. The Bertz CT molecular complexity index is 1990. The van der Waals surface area contributed by atoms with Crippen molar-refractivity contribution in [1.82, 2.24) is 9.80 Å². The van der Waals surface area contributed by atoms with Gasteiger partial charge in [0.1, 0.15) is 6.17 Å². The molecule has 0 bridgehead atoms. The van der Waals surface area contributed by atoms with Gasteiger partial charge in [-0.25, -0.2) is 0 Å². The molecule has 0 saturated heterocycles. The van der Waals surface area contributed by atoms with E-state index in [-0.39, 0.29) is 18.7 Å². The normalized spacial score (nSPS) is 16.6. The molecule has 246 valence electrons. The fourth-order valence-corrected chi connectivity index (χ4v) is 6.34. The molecule has 0 saturated carbocycles. The Hall–Kier alpha value is -6.09. The standard InChI is InChI=1S/C35H35N13O/c36-35(37)38-18-17-27-21-47(19-23-9-13-25(14-10-23)28-5-1-3-7-30(28)33-39-43-44-40-33)32(22-49)48(27)20-24-11-15-26(16-12-24)29-6-2-4-8-31(29)34-41-45-46-42-34/h1-16,21,32,49H,17-20,22H2,(H4,36,37,38)(H,39,40,43,44)(H,41,42,45,46)/p+3. The van der Waals surface area contributed by atoms with Crippen molar-refractivity contribution >= 4 is 17.6 Å². The first kappa shape index (κ1) is 31.5. The van der Waals surface area contributed by atoms with Crippen LogP contribution in [0, 0.1) is 0 Å². The van der Waals surface area contributed by atoms with Crippen LogP contribution in [0.25, 0.3) is 22.3 Å². The van der Waals surface area contributed by atoms with E-state index >= 15 is 0 Å². The summed E-state index contributed by atoms with van der Waals surface area (Å²) >= 11 is 0. The number of nitrogens with one attached hydrogen (secondary N) is 1. The highest BCUT2D eigenvalue weighted by molar-refractivity contribution is 5.99. The van der Waals surface area contributed by atoms with Gasteiger partial charge in [-0.3, -0.25) is 16.5 Å². The summed E-state index contributed by atoms with van der Waals surface area (Å²) in [6.07, 6.45) is 2.57. The van der Waals surface area contributed by atoms with Gasteiger partial charge in [0.2, 0.25) is 0 Å². The van der Waals surface area contributed by atoms with Gasteiger partial charge in [-0.2, -0.15) is 0 Å². The molecule has 0 amide bonds. The van der Waals surface area contributed by atoms with Crippen LogP contribution in [-0.4, -0.2) is 51.9 Å². The second-order valence-corrected chi connectivity index (χ2v) is 11.8. The molecule has 4 aromatic carbocycles. The van der Waals surface area contributed by atoms with Crippen molar-refractivity contribution in [2.75, 3.05) is 13.2 Å². The summed E-state index contributed by atoms with van der Waals surface area (Å²) in [5.41, 5.74) is 24.3. The van der Waals surface area contributed by atoms with E-state index in [2.05, 4.69) is 113 Å². The zero-order chi connectivity index (χ0) is 33.6. The largest absolute Gasteiger partial charge is 0.392 e. The SMILES string of the molecule is NC(N)=[NH+]CCC1=CN(Cc2ccc(-c3ccccc3C3=NN=N[NH2+]3)cc2)C(CO)N1Cc1ccc(-c2ccccc2C2=NN=N[NH2+]2)cc1. The van der Waals surface area contributed by atoms with E-state index in [4.69, 9.17) is 11.5 Å². The highest BCUT2D eigenvalue weighted by Crippen LogP contribution is 2.31. The minimum absolute atomic E-state index is 0.0427. The molecule has 0 spiro atoms. The molecule has 0 radical (unpaired) electrons. The lowest BCUT2D eigenvalue weighted by atomic mass is 9.98. The summed E-state index contributed by atoms with van der Waals surface area (Å²) < 4.78 is 0. The van der Waals surface area contributed by atoms with E-state index in [0.29, 0.717) is 26.1 Å². The lowest BCUT2D eigenvalue weighted by Gasteiger charge is -2.33. The first-order chi connectivity index (χ1) is 24.1. The van der Waals surface area contributed by atoms with E-state index in [1.54, 1.807) is 10.9 Å². The van der Waals surface area contributed by atoms with Gasteiger partial charge in [0.05, 0.1) is 34.7 Å². The highest BCUT2D eigenvalue weighted by Gasteiger charge is 2.31. The van der Waals surface area contributed by atoms with Crippen molar-refractivity contribution in [3.8, 4) is 22.3 Å². The van der Waals surface area contributed by atoms with E-state index in [9.17, 15) is 5.11 Å². The van der Waals surface area contributed by atoms with E-state index < -0.39 is 0 Å². The molecular formula is C35H38N13O+3. The summed E-state index contributed by atoms with van der Waals surface area (Å²) in [5.74, 6) is 1.67. The molecule has 4 aromatic rings. The fraction of sp³-hybridized carbons (Fsp3) is 0.171. The number of nitrogens with zero attached hydrogens (tertiary/aromatic N) is 8. The van der Waals surface area contributed by atoms with Crippen molar-refractivity contribution < 1.29 is 21.0 Å². The monoisotopic (exact) mass is 656 g/mol. The van der Waals surface area contributed by atoms with Gasteiger partial charge in [0, 0.05) is 41.9 Å². The molecule has 14 heteroatoms. The van der Waals surface area contributed by atoms with E-state index in [0.717, 1.165) is 61.9 Å². The van der Waals surface area contributed by atoms with Crippen LogP contribution in [0.15, 0.2) is 140 Å². The average molecular weight is 657 g/mol. The third-order valence-corrected chi connectivity index (χ3v) is 8.72. The molecule has 1 atom stereocenters. The number of benzene rings is 4. The third-order valence-electron chi connectivity index (χ3n) is 8.72. The highest BCUT2D eigenvalue weighted by atomic mass is 16.3. The second kappa shape index (κ2) is 14.4. The first-order valence-electron chi connectivity index (χ1n) is 16.0. The van der Waals surface area contributed by atoms with Gasteiger partial charge in [0.15, 0.2) is 0 Å². The smallest absolute Gasteiger partial charge is 0.338 e. The van der Waals surface area contributed by atoms with Crippen LogP contribution >= 0.6 is 0 Å². The van der Waals surface area contributed by atoms with Crippen LogP contribution in [-0.2, 0) is 13.1 Å². The molecule has 1 unspecified atom stereocenters. The number of quaternary nitrogens is 2. The Morgan fingerprint density at radius 2 is 1.20 bits per heavy atom. The Kier molecular flexibility index (Phi) is 9.23.